The van der Waals surface area contributed by atoms with Crippen LogP contribution in [0.4, 0.5) is 0 Å². The number of carbonyl (C=O) groups excluding carboxylic acids is 2. The molecule has 4 nitrogen and oxygen atoms in total. The lowest BCUT2D eigenvalue weighted by Crippen LogP contribution is -2.42. The topological polar surface area (TPSA) is 55.4 Å². The molecule has 1 atom stereocenters. The van der Waals surface area contributed by atoms with Crippen molar-refractivity contribution in [2.45, 2.75) is 39.7 Å². The van der Waals surface area contributed by atoms with Gasteiger partial charge in [-0.25, -0.2) is 4.79 Å². The number of rotatable bonds is 7. The van der Waals surface area contributed by atoms with Crippen molar-refractivity contribution in [1.29, 1.82) is 0 Å². The maximum Gasteiger partial charge on any atom is 0.328 e. The first-order chi connectivity index (χ1) is 9.92. The number of hydrogen-bond donors (Lipinski definition) is 1. The van der Waals surface area contributed by atoms with E-state index in [0.717, 1.165) is 5.56 Å². The number of amides is 1. The number of ether oxygens (including phenoxy) is 1. The molecule has 5 heteroatoms. The highest BCUT2D eigenvalue weighted by molar-refractivity contribution is 6.30. The third kappa shape index (κ3) is 6.63. The molecule has 0 heterocycles. The van der Waals surface area contributed by atoms with E-state index >= 15 is 0 Å². The van der Waals surface area contributed by atoms with Gasteiger partial charge in [-0.1, -0.05) is 44.5 Å². The minimum absolute atomic E-state index is 0.189. The molecule has 116 valence electrons. The summed E-state index contributed by atoms with van der Waals surface area (Å²) in [5.74, 6) is -0.329. The van der Waals surface area contributed by atoms with Crippen molar-refractivity contribution >= 4 is 23.5 Å². The van der Waals surface area contributed by atoms with Crippen LogP contribution < -0.4 is 5.32 Å². The molecule has 0 fully saturated rings. The summed E-state index contributed by atoms with van der Waals surface area (Å²) in [5, 5.41) is 3.29. The predicted molar refractivity (Wildman–Crippen MR) is 83.2 cm³/mol. The second kappa shape index (κ2) is 8.67. The fourth-order valence-electron chi connectivity index (χ4n) is 1.75. The lowest BCUT2D eigenvalue weighted by atomic mass is 10.1. The van der Waals surface area contributed by atoms with Gasteiger partial charge in [0.1, 0.15) is 6.04 Å². The van der Waals surface area contributed by atoms with Crippen LogP contribution in [0.25, 0.3) is 0 Å². The zero-order chi connectivity index (χ0) is 15.8. The number of hydrogen-bond acceptors (Lipinski definition) is 3. The molecule has 1 N–H and O–H groups in total. The summed E-state index contributed by atoms with van der Waals surface area (Å²) in [6.45, 7) is 6.12. The van der Waals surface area contributed by atoms with Gasteiger partial charge in [-0.3, -0.25) is 4.79 Å². The Balaban J connectivity index is 2.52. The highest BCUT2D eigenvalue weighted by Crippen LogP contribution is 2.11. The lowest BCUT2D eigenvalue weighted by Gasteiger charge is -2.17. The minimum Gasteiger partial charge on any atom is -0.464 e. The van der Waals surface area contributed by atoms with E-state index in [9.17, 15) is 9.59 Å². The third-order valence-corrected chi connectivity index (χ3v) is 3.08. The summed E-state index contributed by atoms with van der Waals surface area (Å²) in [6.07, 6.45) is 0.687. The Labute approximate surface area is 130 Å². The molecule has 0 aliphatic carbocycles. The number of nitrogens with one attached hydrogen (secondary N) is 1. The molecule has 1 amide bonds. The van der Waals surface area contributed by atoms with Crippen molar-refractivity contribution in [3.05, 3.63) is 34.9 Å². The molecule has 0 spiro atoms. The van der Waals surface area contributed by atoms with Gasteiger partial charge in [0.25, 0.3) is 0 Å². The molecule has 1 aromatic rings. The van der Waals surface area contributed by atoms with Gasteiger partial charge >= 0.3 is 5.97 Å². The Morgan fingerprint density at radius 2 is 2.05 bits per heavy atom. The summed E-state index contributed by atoms with van der Waals surface area (Å²) in [7, 11) is 0. The summed E-state index contributed by atoms with van der Waals surface area (Å²) >= 11 is 5.88. The monoisotopic (exact) mass is 311 g/mol. The van der Waals surface area contributed by atoms with E-state index in [-0.39, 0.29) is 24.2 Å². The first kappa shape index (κ1) is 17.5. The van der Waals surface area contributed by atoms with Gasteiger partial charge in [-0.15, -0.1) is 0 Å². The maximum absolute atomic E-state index is 12.0. The standard InChI is InChI=1S/C16H22ClNO3/c1-4-14(16(20)21-10-11(2)3)18-15(19)9-12-6-5-7-13(17)8-12/h5-8,11,14H,4,9-10H2,1-3H3,(H,18,19). The van der Waals surface area contributed by atoms with Gasteiger partial charge in [-0.05, 0) is 30.0 Å². The number of esters is 1. The molecule has 0 saturated carbocycles. The lowest BCUT2D eigenvalue weighted by molar-refractivity contribution is -0.149. The van der Waals surface area contributed by atoms with E-state index in [1.54, 1.807) is 18.2 Å². The molecule has 21 heavy (non-hydrogen) atoms. The predicted octanol–water partition coefficient (Wildman–Crippen LogP) is 2.98. The first-order valence-corrected chi connectivity index (χ1v) is 7.50. The van der Waals surface area contributed by atoms with E-state index in [0.29, 0.717) is 18.1 Å². The summed E-state index contributed by atoms with van der Waals surface area (Å²) < 4.78 is 5.15. The third-order valence-electron chi connectivity index (χ3n) is 2.84. The van der Waals surface area contributed by atoms with Gasteiger partial charge < -0.3 is 10.1 Å². The Morgan fingerprint density at radius 3 is 2.62 bits per heavy atom. The number of halogens is 1. The highest BCUT2D eigenvalue weighted by atomic mass is 35.5. The van der Waals surface area contributed by atoms with Crippen LogP contribution in [0.2, 0.25) is 5.02 Å². The van der Waals surface area contributed by atoms with Crippen molar-refractivity contribution < 1.29 is 14.3 Å². The Bertz CT molecular complexity index is 488. The molecule has 0 saturated heterocycles. The summed E-state index contributed by atoms with van der Waals surface area (Å²) in [4.78, 5) is 23.8. The molecule has 1 unspecified atom stereocenters. The summed E-state index contributed by atoms with van der Waals surface area (Å²) in [5.41, 5.74) is 0.811. The molecule has 1 rings (SSSR count). The number of carbonyl (C=O) groups is 2. The van der Waals surface area contributed by atoms with Gasteiger partial charge in [0.05, 0.1) is 13.0 Å². The molecule has 0 aliphatic heterocycles. The molecule has 1 aromatic carbocycles. The van der Waals surface area contributed by atoms with Gasteiger partial charge in [0, 0.05) is 5.02 Å². The van der Waals surface area contributed by atoms with E-state index in [4.69, 9.17) is 16.3 Å². The van der Waals surface area contributed by atoms with E-state index in [1.165, 1.54) is 0 Å². The molecule has 0 aliphatic rings. The molecule has 0 bridgehead atoms. The van der Waals surface area contributed by atoms with Crippen LogP contribution in [0.5, 0.6) is 0 Å². The zero-order valence-electron chi connectivity index (χ0n) is 12.7. The smallest absolute Gasteiger partial charge is 0.328 e. The molecule has 0 radical (unpaired) electrons. The van der Waals surface area contributed by atoms with E-state index < -0.39 is 6.04 Å². The van der Waals surface area contributed by atoms with Crippen molar-refractivity contribution in [1.82, 2.24) is 5.32 Å². The Hall–Kier alpha value is -1.55. The van der Waals surface area contributed by atoms with Crippen LogP contribution in [-0.2, 0) is 20.7 Å². The van der Waals surface area contributed by atoms with Crippen molar-refractivity contribution in [2.24, 2.45) is 5.92 Å². The maximum atomic E-state index is 12.0. The fraction of sp³-hybridized carbons (Fsp3) is 0.500. The SMILES string of the molecule is CCC(NC(=O)Cc1cccc(Cl)c1)C(=O)OCC(C)C. The van der Waals surface area contributed by atoms with Crippen LogP contribution in [0.1, 0.15) is 32.8 Å². The second-order valence-electron chi connectivity index (χ2n) is 5.36. The van der Waals surface area contributed by atoms with Crippen molar-refractivity contribution in [2.75, 3.05) is 6.61 Å². The first-order valence-electron chi connectivity index (χ1n) is 7.12. The molecule has 0 aromatic heterocycles. The van der Waals surface area contributed by atoms with E-state index in [1.807, 2.05) is 26.8 Å². The van der Waals surface area contributed by atoms with E-state index in [2.05, 4.69) is 5.32 Å². The second-order valence-corrected chi connectivity index (χ2v) is 5.80. The quantitative estimate of drug-likeness (QED) is 0.788. The van der Waals surface area contributed by atoms with Crippen LogP contribution in [0.15, 0.2) is 24.3 Å². The molecular formula is C16H22ClNO3. The molecular weight excluding hydrogens is 290 g/mol. The average Bonchev–Trinajstić information content (AvgIpc) is 2.42. The average molecular weight is 312 g/mol. The zero-order valence-corrected chi connectivity index (χ0v) is 13.4. The van der Waals surface area contributed by atoms with Gasteiger partial charge in [-0.2, -0.15) is 0 Å². The minimum atomic E-state index is -0.601. The normalized spacial score (nSPS) is 12.0. The van der Waals surface area contributed by atoms with Crippen LogP contribution in [0.3, 0.4) is 0 Å². The van der Waals surface area contributed by atoms with Crippen molar-refractivity contribution in [3.8, 4) is 0 Å². The van der Waals surface area contributed by atoms with Crippen LogP contribution in [-0.4, -0.2) is 24.5 Å². The Morgan fingerprint density at radius 1 is 1.33 bits per heavy atom. The highest BCUT2D eigenvalue weighted by Gasteiger charge is 2.20. The summed E-state index contributed by atoms with van der Waals surface area (Å²) in [6, 6.07) is 6.50. The largest absolute Gasteiger partial charge is 0.464 e. The Kier molecular flexibility index (Phi) is 7.23. The van der Waals surface area contributed by atoms with Gasteiger partial charge in [0.15, 0.2) is 0 Å². The van der Waals surface area contributed by atoms with Crippen LogP contribution >= 0.6 is 11.6 Å². The fourth-order valence-corrected chi connectivity index (χ4v) is 1.97. The van der Waals surface area contributed by atoms with Crippen molar-refractivity contribution in [3.63, 3.8) is 0 Å². The van der Waals surface area contributed by atoms with Gasteiger partial charge in [0.2, 0.25) is 5.91 Å². The van der Waals surface area contributed by atoms with Crippen LogP contribution in [0, 0.1) is 5.92 Å². The number of benzene rings is 1.